The van der Waals surface area contributed by atoms with Crippen molar-refractivity contribution in [1.29, 1.82) is 0 Å². The molecule has 4 atom stereocenters. The number of halogens is 6. The third-order valence-electron chi connectivity index (χ3n) is 4.69. The molecule has 0 bridgehead atoms. The van der Waals surface area contributed by atoms with Gasteiger partial charge in [-0.25, -0.2) is 0 Å². The maximum absolute atomic E-state index is 12.6. The monoisotopic (exact) mass is 524 g/mol. The van der Waals surface area contributed by atoms with E-state index >= 15 is 0 Å². The minimum Gasteiger partial charge on any atom is -0.327 e. The zero-order chi connectivity index (χ0) is 21.7. The van der Waals surface area contributed by atoms with Crippen molar-refractivity contribution in [3.8, 4) is 0 Å². The average molecular weight is 527 g/mol. The summed E-state index contributed by atoms with van der Waals surface area (Å²) in [6.45, 7) is 0. The number of amides is 2. The van der Waals surface area contributed by atoms with Gasteiger partial charge in [-0.3, -0.25) is 9.59 Å². The molecule has 0 fully saturated rings. The lowest BCUT2D eigenvalue weighted by atomic mass is 9.93. The maximum Gasteiger partial charge on any atom is 0.234 e. The number of ether oxygens (including phenoxy) is 1. The van der Waals surface area contributed by atoms with Crippen LogP contribution in [0.3, 0.4) is 0 Å². The molecule has 0 heterocycles. The first kappa shape index (κ1) is 25.4. The molecule has 0 aromatic heterocycles. The van der Waals surface area contributed by atoms with E-state index in [1.807, 2.05) is 24.3 Å². The quantitative estimate of drug-likeness (QED) is 0.279. The normalized spacial score (nSPS) is 24.6. The summed E-state index contributed by atoms with van der Waals surface area (Å²) in [4.78, 5) is 25.1. The van der Waals surface area contributed by atoms with Crippen molar-refractivity contribution < 1.29 is 14.3 Å². The fourth-order valence-corrected chi connectivity index (χ4v) is 3.72. The number of rotatable bonds is 6. The number of carbonyl (C=O) groups is 2. The van der Waals surface area contributed by atoms with Crippen LogP contribution in [-0.2, 0) is 14.3 Å². The highest BCUT2D eigenvalue weighted by Gasteiger charge is 2.44. The van der Waals surface area contributed by atoms with E-state index in [0.29, 0.717) is 25.7 Å². The molecule has 0 unspecified atom stereocenters. The van der Waals surface area contributed by atoms with Gasteiger partial charge < -0.3 is 15.4 Å². The van der Waals surface area contributed by atoms with Gasteiger partial charge in [-0.15, -0.1) is 0 Å². The smallest absolute Gasteiger partial charge is 0.234 e. The van der Waals surface area contributed by atoms with Gasteiger partial charge in [0, 0.05) is 11.8 Å². The lowest BCUT2D eigenvalue weighted by Gasteiger charge is -2.34. The van der Waals surface area contributed by atoms with Crippen LogP contribution in [0.15, 0.2) is 24.3 Å². The van der Waals surface area contributed by atoms with Crippen LogP contribution in [0.1, 0.15) is 38.5 Å². The second kappa shape index (κ2) is 11.1. The molecule has 2 amide bonds. The molecular weight excluding hydrogens is 505 g/mol. The number of carbonyl (C=O) groups excluding carboxylic acids is 2. The SMILES string of the molecule is O=C(N[C@H](O[C@H](NC(=O)[C@H]1CC=CCC1)C(Cl)(Cl)Cl)C(Cl)(Cl)Cl)[C@H]1CC=CCC1. The molecule has 11 heteroatoms. The Hall–Kier alpha value is 0.120. The fraction of sp³-hybridized carbons (Fsp3) is 0.667. The van der Waals surface area contributed by atoms with Gasteiger partial charge in [0.1, 0.15) is 0 Å². The Morgan fingerprint density at radius 1 is 0.759 bits per heavy atom. The summed E-state index contributed by atoms with van der Waals surface area (Å²) < 4.78 is 1.49. The number of allylic oxidation sites excluding steroid dienone is 4. The molecule has 5 nitrogen and oxygen atoms in total. The van der Waals surface area contributed by atoms with Crippen molar-refractivity contribution in [1.82, 2.24) is 10.6 Å². The molecule has 0 aromatic rings. The summed E-state index contributed by atoms with van der Waals surface area (Å²) in [5.74, 6) is -1.27. The van der Waals surface area contributed by atoms with Crippen molar-refractivity contribution in [2.24, 2.45) is 11.8 Å². The summed E-state index contributed by atoms with van der Waals surface area (Å²) in [6.07, 6.45) is 8.96. The highest BCUT2D eigenvalue weighted by Crippen LogP contribution is 2.37. The lowest BCUT2D eigenvalue weighted by molar-refractivity contribution is -0.137. The molecule has 0 aromatic carbocycles. The molecule has 2 aliphatic carbocycles. The number of hydrogen-bond acceptors (Lipinski definition) is 3. The topological polar surface area (TPSA) is 67.4 Å². The minimum absolute atomic E-state index is 0.284. The first-order valence-electron chi connectivity index (χ1n) is 9.18. The van der Waals surface area contributed by atoms with Gasteiger partial charge in [-0.05, 0) is 38.5 Å². The second-order valence-electron chi connectivity index (χ2n) is 6.96. The molecule has 0 spiro atoms. The van der Waals surface area contributed by atoms with Crippen LogP contribution in [0.2, 0.25) is 0 Å². The van der Waals surface area contributed by atoms with Crippen LogP contribution in [-0.4, -0.2) is 31.9 Å². The van der Waals surface area contributed by atoms with Gasteiger partial charge >= 0.3 is 0 Å². The van der Waals surface area contributed by atoms with Gasteiger partial charge in [-0.2, -0.15) is 0 Å². The van der Waals surface area contributed by atoms with Gasteiger partial charge in [0.15, 0.2) is 12.5 Å². The highest BCUT2D eigenvalue weighted by molar-refractivity contribution is 6.68. The summed E-state index contributed by atoms with van der Waals surface area (Å²) >= 11 is 35.9. The van der Waals surface area contributed by atoms with Crippen molar-refractivity contribution in [3.05, 3.63) is 24.3 Å². The molecule has 2 aliphatic rings. The molecule has 0 saturated heterocycles. The Morgan fingerprint density at radius 3 is 1.41 bits per heavy atom. The first-order valence-corrected chi connectivity index (χ1v) is 11.4. The van der Waals surface area contributed by atoms with Crippen LogP contribution in [0.5, 0.6) is 0 Å². The van der Waals surface area contributed by atoms with E-state index in [-0.39, 0.29) is 23.7 Å². The zero-order valence-electron chi connectivity index (χ0n) is 15.4. The van der Waals surface area contributed by atoms with Gasteiger partial charge in [0.05, 0.1) is 0 Å². The predicted octanol–water partition coefficient (Wildman–Crippen LogP) is 5.34. The first-order chi connectivity index (χ1) is 13.5. The van der Waals surface area contributed by atoms with Crippen LogP contribution >= 0.6 is 69.6 Å². The second-order valence-corrected chi connectivity index (χ2v) is 11.7. The standard InChI is InChI=1S/C18H22Cl6N2O3/c19-17(20,21)15(25-13(27)11-7-3-1-4-8-11)29-16(18(22,23)24)26-14(28)12-9-5-2-6-10-12/h1-3,5,11-12,15-16H,4,6-10H2,(H,25,27)(H,26,28)/t11-,12-,15-,16+/m0/s1. The summed E-state index contributed by atoms with van der Waals surface area (Å²) in [6, 6.07) is 0. The van der Waals surface area contributed by atoms with E-state index in [0.717, 1.165) is 12.8 Å². The lowest BCUT2D eigenvalue weighted by Crippen LogP contribution is -2.56. The third kappa shape index (κ3) is 8.29. The molecular formula is C18H22Cl6N2O3. The van der Waals surface area contributed by atoms with Gasteiger partial charge in [0.2, 0.25) is 19.4 Å². The Labute approximate surface area is 200 Å². The third-order valence-corrected chi connectivity index (χ3v) is 5.88. The fourth-order valence-electron chi connectivity index (χ4n) is 3.08. The van der Waals surface area contributed by atoms with Crippen LogP contribution < -0.4 is 10.6 Å². The predicted molar refractivity (Wildman–Crippen MR) is 118 cm³/mol. The maximum atomic E-state index is 12.6. The Balaban J connectivity index is 2.09. The highest BCUT2D eigenvalue weighted by atomic mass is 35.6. The van der Waals surface area contributed by atoms with E-state index in [1.54, 1.807) is 0 Å². The number of nitrogens with one attached hydrogen (secondary N) is 2. The molecule has 164 valence electrons. The Bertz CT molecular complexity index is 590. The molecule has 0 aliphatic heterocycles. The van der Waals surface area contributed by atoms with E-state index in [1.165, 1.54) is 0 Å². The number of hydrogen-bond donors (Lipinski definition) is 2. The van der Waals surface area contributed by atoms with Crippen molar-refractivity contribution in [2.45, 2.75) is 58.6 Å². The molecule has 29 heavy (non-hydrogen) atoms. The van der Waals surface area contributed by atoms with Crippen LogP contribution in [0, 0.1) is 11.8 Å². The minimum atomic E-state index is -2.06. The van der Waals surface area contributed by atoms with E-state index in [9.17, 15) is 9.59 Å². The van der Waals surface area contributed by atoms with Crippen LogP contribution in [0.25, 0.3) is 0 Å². The molecule has 0 radical (unpaired) electrons. The summed E-state index contributed by atoms with van der Waals surface area (Å²) in [5, 5.41) is 5.11. The van der Waals surface area contributed by atoms with Crippen molar-refractivity contribution in [3.63, 3.8) is 0 Å². The number of alkyl halides is 6. The van der Waals surface area contributed by atoms with Crippen LogP contribution in [0.4, 0.5) is 0 Å². The summed E-state index contributed by atoms with van der Waals surface area (Å²) in [5.41, 5.74) is 0. The zero-order valence-corrected chi connectivity index (χ0v) is 19.9. The molecule has 2 N–H and O–H groups in total. The van der Waals surface area contributed by atoms with E-state index < -0.39 is 20.0 Å². The van der Waals surface area contributed by atoms with Gasteiger partial charge in [0.25, 0.3) is 0 Å². The van der Waals surface area contributed by atoms with E-state index in [2.05, 4.69) is 10.6 Å². The van der Waals surface area contributed by atoms with E-state index in [4.69, 9.17) is 74.3 Å². The van der Waals surface area contributed by atoms with Crippen molar-refractivity contribution in [2.75, 3.05) is 0 Å². The largest absolute Gasteiger partial charge is 0.327 e. The Morgan fingerprint density at radius 2 is 1.14 bits per heavy atom. The summed E-state index contributed by atoms with van der Waals surface area (Å²) in [7, 11) is 0. The average Bonchev–Trinajstić information content (AvgIpc) is 2.66. The molecule has 2 rings (SSSR count). The molecule has 0 saturated carbocycles. The van der Waals surface area contributed by atoms with Crippen molar-refractivity contribution >= 4 is 81.4 Å². The van der Waals surface area contributed by atoms with Gasteiger partial charge in [-0.1, -0.05) is 93.9 Å². The Kier molecular flexibility index (Phi) is 9.74.